The number of aryl methyl sites for hydroxylation is 1. The molecule has 6 heteroatoms. The van der Waals surface area contributed by atoms with E-state index in [-0.39, 0.29) is 11.8 Å². The van der Waals surface area contributed by atoms with Crippen molar-refractivity contribution < 1.29 is 4.79 Å². The Balaban J connectivity index is 2.34. The fourth-order valence-corrected chi connectivity index (χ4v) is 1.83. The number of aromatic nitrogens is 3. The van der Waals surface area contributed by atoms with Gasteiger partial charge >= 0.3 is 0 Å². The predicted molar refractivity (Wildman–Crippen MR) is 82.6 cm³/mol. The van der Waals surface area contributed by atoms with E-state index in [4.69, 9.17) is 0 Å². The van der Waals surface area contributed by atoms with Crippen LogP contribution in [0.5, 0.6) is 0 Å². The Morgan fingerprint density at radius 3 is 2.62 bits per heavy atom. The van der Waals surface area contributed by atoms with Gasteiger partial charge in [-0.25, -0.2) is 9.97 Å². The number of nitrogens with zero attached hydrogens (tertiary/aromatic N) is 3. The molecule has 21 heavy (non-hydrogen) atoms. The topological polar surface area (TPSA) is 79.8 Å². The molecule has 0 atom stereocenters. The van der Waals surface area contributed by atoms with Crippen LogP contribution in [0.4, 0.5) is 11.4 Å². The van der Waals surface area contributed by atoms with Crippen LogP contribution in [0.1, 0.15) is 41.8 Å². The number of hydrogen-bond acceptors (Lipinski definition) is 5. The smallest absolute Gasteiger partial charge is 0.276 e. The summed E-state index contributed by atoms with van der Waals surface area (Å²) >= 11 is 0. The predicted octanol–water partition coefficient (Wildman–Crippen LogP) is 2.60. The molecule has 2 N–H and O–H groups in total. The van der Waals surface area contributed by atoms with Crippen molar-refractivity contribution in [2.75, 3.05) is 17.7 Å². The lowest BCUT2D eigenvalue weighted by atomic mass is 10.2. The van der Waals surface area contributed by atoms with E-state index in [0.29, 0.717) is 22.9 Å². The summed E-state index contributed by atoms with van der Waals surface area (Å²) in [6.45, 7) is 5.82. The third kappa shape index (κ3) is 3.34. The van der Waals surface area contributed by atoms with Crippen LogP contribution in [0.3, 0.4) is 0 Å². The Morgan fingerprint density at radius 1 is 1.24 bits per heavy atom. The van der Waals surface area contributed by atoms with Crippen molar-refractivity contribution in [2.45, 2.75) is 26.7 Å². The molecule has 0 unspecified atom stereocenters. The second-order valence-corrected chi connectivity index (χ2v) is 4.99. The van der Waals surface area contributed by atoms with Crippen molar-refractivity contribution in [2.24, 2.45) is 0 Å². The van der Waals surface area contributed by atoms with Crippen molar-refractivity contribution in [3.05, 3.63) is 41.7 Å². The van der Waals surface area contributed by atoms with E-state index in [9.17, 15) is 4.79 Å². The highest BCUT2D eigenvalue weighted by atomic mass is 16.1. The molecule has 2 heterocycles. The Kier molecular flexibility index (Phi) is 4.47. The number of anilines is 2. The quantitative estimate of drug-likeness (QED) is 0.902. The Hall–Kier alpha value is -2.50. The first kappa shape index (κ1) is 14.9. The molecular weight excluding hydrogens is 266 g/mol. The van der Waals surface area contributed by atoms with Gasteiger partial charge in [-0.2, -0.15) is 0 Å². The second-order valence-electron chi connectivity index (χ2n) is 4.99. The molecule has 0 aliphatic heterocycles. The van der Waals surface area contributed by atoms with Crippen molar-refractivity contribution in [3.63, 3.8) is 0 Å². The maximum atomic E-state index is 12.5. The number of hydrogen-bond donors (Lipinski definition) is 2. The zero-order valence-corrected chi connectivity index (χ0v) is 12.6. The Labute approximate surface area is 124 Å². The van der Waals surface area contributed by atoms with Crippen molar-refractivity contribution in [3.8, 4) is 0 Å². The average Bonchev–Trinajstić information content (AvgIpc) is 2.48. The molecule has 110 valence electrons. The fourth-order valence-electron chi connectivity index (χ4n) is 1.83. The number of rotatable bonds is 4. The highest BCUT2D eigenvalue weighted by Crippen LogP contribution is 2.18. The summed E-state index contributed by atoms with van der Waals surface area (Å²) < 4.78 is 0. The maximum absolute atomic E-state index is 12.5. The SMILES string of the molecule is CNc1cnc(C(C)C)nc1C(=O)Nc1cccnc1C. The van der Waals surface area contributed by atoms with Crippen LogP contribution in [0.15, 0.2) is 24.5 Å². The molecule has 2 aromatic heterocycles. The molecule has 0 bridgehead atoms. The minimum Gasteiger partial charge on any atom is -0.385 e. The van der Waals surface area contributed by atoms with Gasteiger partial charge in [0.1, 0.15) is 5.82 Å². The van der Waals surface area contributed by atoms with Crippen LogP contribution in [0, 0.1) is 6.92 Å². The van der Waals surface area contributed by atoms with Gasteiger partial charge < -0.3 is 10.6 Å². The first-order chi connectivity index (χ1) is 10.0. The van der Waals surface area contributed by atoms with E-state index >= 15 is 0 Å². The highest BCUT2D eigenvalue weighted by molar-refractivity contribution is 6.06. The van der Waals surface area contributed by atoms with Crippen LogP contribution in [-0.4, -0.2) is 27.9 Å². The number of carbonyl (C=O) groups is 1. The molecule has 0 aromatic carbocycles. The molecule has 0 aliphatic rings. The minimum absolute atomic E-state index is 0.155. The van der Waals surface area contributed by atoms with Gasteiger partial charge in [-0.1, -0.05) is 13.8 Å². The van der Waals surface area contributed by atoms with Crippen LogP contribution in [0.2, 0.25) is 0 Å². The van der Waals surface area contributed by atoms with E-state index in [1.54, 1.807) is 25.5 Å². The van der Waals surface area contributed by atoms with Gasteiger partial charge in [-0.05, 0) is 19.1 Å². The molecule has 0 aliphatic carbocycles. The molecule has 2 aromatic rings. The molecule has 0 radical (unpaired) electrons. The number of amides is 1. The molecule has 0 saturated carbocycles. The van der Waals surface area contributed by atoms with E-state index in [1.165, 1.54) is 0 Å². The Bertz CT molecular complexity index is 654. The molecule has 0 saturated heterocycles. The summed E-state index contributed by atoms with van der Waals surface area (Å²) in [5.74, 6) is 0.518. The van der Waals surface area contributed by atoms with Crippen LogP contribution >= 0.6 is 0 Å². The highest BCUT2D eigenvalue weighted by Gasteiger charge is 2.16. The summed E-state index contributed by atoms with van der Waals surface area (Å²) in [4.78, 5) is 25.2. The standard InChI is InChI=1S/C15H19N5O/c1-9(2)14-18-8-12(16-4)13(20-14)15(21)19-11-6-5-7-17-10(11)3/h5-9,16H,1-4H3,(H,19,21). The lowest BCUT2D eigenvalue weighted by Crippen LogP contribution is -2.18. The number of nitrogens with one attached hydrogen (secondary N) is 2. The molecule has 0 spiro atoms. The lowest BCUT2D eigenvalue weighted by Gasteiger charge is -2.12. The monoisotopic (exact) mass is 285 g/mol. The minimum atomic E-state index is -0.278. The van der Waals surface area contributed by atoms with Crippen molar-refractivity contribution in [1.82, 2.24) is 15.0 Å². The summed E-state index contributed by atoms with van der Waals surface area (Å²) in [5.41, 5.74) is 2.36. The third-order valence-corrected chi connectivity index (χ3v) is 3.06. The molecule has 6 nitrogen and oxygen atoms in total. The summed E-state index contributed by atoms with van der Waals surface area (Å²) in [5, 5.41) is 5.78. The van der Waals surface area contributed by atoms with E-state index < -0.39 is 0 Å². The van der Waals surface area contributed by atoms with Crippen molar-refractivity contribution >= 4 is 17.3 Å². The summed E-state index contributed by atoms with van der Waals surface area (Å²) in [6, 6.07) is 3.59. The lowest BCUT2D eigenvalue weighted by molar-refractivity contribution is 0.102. The van der Waals surface area contributed by atoms with Crippen LogP contribution < -0.4 is 10.6 Å². The van der Waals surface area contributed by atoms with E-state index in [2.05, 4.69) is 25.6 Å². The van der Waals surface area contributed by atoms with Gasteiger partial charge in [0, 0.05) is 19.2 Å². The van der Waals surface area contributed by atoms with Gasteiger partial charge in [0.05, 0.1) is 23.3 Å². The Morgan fingerprint density at radius 2 is 2.00 bits per heavy atom. The zero-order chi connectivity index (χ0) is 15.4. The largest absolute Gasteiger partial charge is 0.385 e. The second kappa shape index (κ2) is 6.30. The zero-order valence-electron chi connectivity index (χ0n) is 12.6. The van der Waals surface area contributed by atoms with Gasteiger partial charge in [0.25, 0.3) is 5.91 Å². The number of carbonyl (C=O) groups excluding carboxylic acids is 1. The van der Waals surface area contributed by atoms with Crippen LogP contribution in [0.25, 0.3) is 0 Å². The molecular formula is C15H19N5O. The van der Waals surface area contributed by atoms with Crippen molar-refractivity contribution in [1.29, 1.82) is 0 Å². The first-order valence-corrected chi connectivity index (χ1v) is 6.80. The molecule has 1 amide bonds. The van der Waals surface area contributed by atoms with Gasteiger partial charge in [-0.3, -0.25) is 9.78 Å². The summed E-state index contributed by atoms with van der Waals surface area (Å²) in [6.07, 6.45) is 3.32. The normalized spacial score (nSPS) is 10.5. The fraction of sp³-hybridized carbons (Fsp3) is 0.333. The van der Waals surface area contributed by atoms with Gasteiger partial charge in [0.15, 0.2) is 5.69 Å². The molecule has 2 rings (SSSR count). The van der Waals surface area contributed by atoms with Gasteiger partial charge in [0.2, 0.25) is 0 Å². The maximum Gasteiger partial charge on any atom is 0.276 e. The average molecular weight is 285 g/mol. The first-order valence-electron chi connectivity index (χ1n) is 6.80. The van der Waals surface area contributed by atoms with E-state index in [0.717, 1.165) is 5.69 Å². The molecule has 0 fully saturated rings. The van der Waals surface area contributed by atoms with Gasteiger partial charge in [-0.15, -0.1) is 0 Å². The van der Waals surface area contributed by atoms with E-state index in [1.807, 2.05) is 26.8 Å². The van der Waals surface area contributed by atoms with Crippen LogP contribution in [-0.2, 0) is 0 Å². The summed E-state index contributed by atoms with van der Waals surface area (Å²) in [7, 11) is 1.74. The third-order valence-electron chi connectivity index (χ3n) is 3.06. The number of pyridine rings is 1.